The van der Waals surface area contributed by atoms with Crippen molar-refractivity contribution < 1.29 is 19.4 Å². The molecular formula is C22H27N3O4. The number of amides is 2. The molecule has 7 heteroatoms. The van der Waals surface area contributed by atoms with E-state index in [0.29, 0.717) is 0 Å². The number of hydrogen-bond acceptors (Lipinski definition) is 5. The summed E-state index contributed by atoms with van der Waals surface area (Å²) in [4.78, 5) is 26.2. The van der Waals surface area contributed by atoms with Gasteiger partial charge in [-0.05, 0) is 36.5 Å². The Morgan fingerprint density at radius 2 is 1.72 bits per heavy atom. The van der Waals surface area contributed by atoms with Gasteiger partial charge in [-0.2, -0.15) is 0 Å². The fourth-order valence-electron chi connectivity index (χ4n) is 3.54. The Kier molecular flexibility index (Phi) is 7.08. The van der Waals surface area contributed by atoms with Gasteiger partial charge in [0.05, 0.1) is 6.04 Å². The molecule has 7 nitrogen and oxygen atoms in total. The molecular weight excluding hydrogens is 370 g/mol. The summed E-state index contributed by atoms with van der Waals surface area (Å²) in [6, 6.07) is 16.2. The average molecular weight is 397 g/mol. The number of hydrogen-bond donors (Lipinski definition) is 3. The van der Waals surface area contributed by atoms with Crippen LogP contribution >= 0.6 is 0 Å². The van der Waals surface area contributed by atoms with E-state index in [-0.39, 0.29) is 13.0 Å². The fraction of sp³-hybridized carbons (Fsp3) is 0.364. The summed E-state index contributed by atoms with van der Waals surface area (Å²) in [5.41, 5.74) is 8.12. The molecule has 0 aliphatic carbocycles. The number of ether oxygens (including phenoxy) is 1. The van der Waals surface area contributed by atoms with E-state index in [9.17, 15) is 14.7 Å². The smallest absolute Gasteiger partial charge is 0.407 e. The number of nitrogens with zero attached hydrogens (tertiary/aromatic N) is 1. The van der Waals surface area contributed by atoms with E-state index in [2.05, 4.69) is 10.2 Å². The van der Waals surface area contributed by atoms with Gasteiger partial charge in [-0.1, -0.05) is 48.5 Å². The van der Waals surface area contributed by atoms with E-state index >= 15 is 0 Å². The van der Waals surface area contributed by atoms with Gasteiger partial charge in [0.15, 0.2) is 6.10 Å². The highest BCUT2D eigenvalue weighted by atomic mass is 16.5. The highest BCUT2D eigenvalue weighted by molar-refractivity contribution is 5.80. The maximum absolute atomic E-state index is 12.3. The number of anilines is 1. The molecule has 2 amide bonds. The van der Waals surface area contributed by atoms with Crippen LogP contribution < -0.4 is 16.0 Å². The minimum Gasteiger partial charge on any atom is -0.445 e. The normalized spacial score (nSPS) is 15.6. The first-order valence-electron chi connectivity index (χ1n) is 9.82. The molecule has 2 aromatic carbocycles. The van der Waals surface area contributed by atoms with Gasteiger partial charge < -0.3 is 25.8 Å². The number of rotatable bonds is 8. The maximum Gasteiger partial charge on any atom is 0.407 e. The van der Waals surface area contributed by atoms with E-state index in [1.54, 1.807) is 0 Å². The van der Waals surface area contributed by atoms with Crippen LogP contribution in [-0.4, -0.2) is 42.3 Å². The molecule has 0 radical (unpaired) electrons. The van der Waals surface area contributed by atoms with Crippen LogP contribution in [0, 0.1) is 0 Å². The number of aliphatic hydroxyl groups is 1. The highest BCUT2D eigenvalue weighted by Gasteiger charge is 2.28. The summed E-state index contributed by atoms with van der Waals surface area (Å²) in [5, 5.41) is 12.9. The monoisotopic (exact) mass is 397 g/mol. The van der Waals surface area contributed by atoms with Crippen molar-refractivity contribution in [3.05, 3.63) is 65.7 Å². The number of carbonyl (C=O) groups is 2. The summed E-state index contributed by atoms with van der Waals surface area (Å²) in [6.45, 7) is 2.02. The zero-order valence-electron chi connectivity index (χ0n) is 16.3. The summed E-state index contributed by atoms with van der Waals surface area (Å²) < 4.78 is 5.23. The number of aliphatic hydroxyl groups excluding tert-OH is 1. The molecule has 1 aliphatic rings. The van der Waals surface area contributed by atoms with Crippen molar-refractivity contribution in [1.29, 1.82) is 0 Å². The van der Waals surface area contributed by atoms with Crippen LogP contribution in [0.3, 0.4) is 0 Å². The number of benzene rings is 2. The zero-order valence-corrected chi connectivity index (χ0v) is 16.3. The Morgan fingerprint density at radius 3 is 2.41 bits per heavy atom. The lowest BCUT2D eigenvalue weighted by Crippen LogP contribution is -2.50. The third-order valence-electron chi connectivity index (χ3n) is 5.07. The average Bonchev–Trinajstić information content (AvgIpc) is 3.27. The van der Waals surface area contributed by atoms with Gasteiger partial charge in [0.1, 0.15) is 6.61 Å². The quantitative estimate of drug-likeness (QED) is 0.632. The predicted octanol–water partition coefficient (Wildman–Crippen LogP) is 1.97. The van der Waals surface area contributed by atoms with Crippen LogP contribution in [0.2, 0.25) is 0 Å². The van der Waals surface area contributed by atoms with Gasteiger partial charge in [0.25, 0.3) is 0 Å². The van der Waals surface area contributed by atoms with Gasteiger partial charge in [0, 0.05) is 18.8 Å². The third-order valence-corrected chi connectivity index (χ3v) is 5.07. The first-order valence-corrected chi connectivity index (χ1v) is 9.82. The van der Waals surface area contributed by atoms with E-state index < -0.39 is 24.1 Å². The zero-order chi connectivity index (χ0) is 20.6. The number of carbonyl (C=O) groups excluding carboxylic acids is 2. The Morgan fingerprint density at radius 1 is 1.07 bits per heavy atom. The molecule has 0 saturated carbocycles. The van der Waals surface area contributed by atoms with E-state index in [1.165, 1.54) is 0 Å². The van der Waals surface area contributed by atoms with Crippen molar-refractivity contribution in [3.63, 3.8) is 0 Å². The number of alkyl carbamates (subject to hydrolysis) is 1. The second-order valence-corrected chi connectivity index (χ2v) is 7.19. The summed E-state index contributed by atoms with van der Waals surface area (Å²) in [6.07, 6.45) is 0.290. The first kappa shape index (κ1) is 20.7. The molecule has 1 fully saturated rings. The van der Waals surface area contributed by atoms with Crippen LogP contribution in [0.1, 0.15) is 24.0 Å². The van der Waals surface area contributed by atoms with E-state index in [1.807, 2.05) is 54.6 Å². The van der Waals surface area contributed by atoms with Crippen LogP contribution in [0.5, 0.6) is 0 Å². The summed E-state index contributed by atoms with van der Waals surface area (Å²) in [5.74, 6) is -0.892. The number of nitrogens with two attached hydrogens (primary N) is 1. The molecule has 0 aromatic heterocycles. The lowest BCUT2D eigenvalue weighted by Gasteiger charge is -2.26. The largest absolute Gasteiger partial charge is 0.445 e. The van der Waals surface area contributed by atoms with Gasteiger partial charge in [-0.25, -0.2) is 4.79 Å². The highest BCUT2D eigenvalue weighted by Crippen LogP contribution is 2.26. The topological polar surface area (TPSA) is 105 Å². The maximum atomic E-state index is 12.3. The molecule has 4 N–H and O–H groups in total. The second-order valence-electron chi connectivity index (χ2n) is 7.19. The molecule has 0 spiro atoms. The summed E-state index contributed by atoms with van der Waals surface area (Å²) in [7, 11) is 0. The Labute approximate surface area is 170 Å². The van der Waals surface area contributed by atoms with Crippen molar-refractivity contribution >= 4 is 17.7 Å². The van der Waals surface area contributed by atoms with Crippen molar-refractivity contribution in [3.8, 4) is 0 Å². The first-order chi connectivity index (χ1) is 14.0. The van der Waals surface area contributed by atoms with Crippen LogP contribution in [0.4, 0.5) is 10.5 Å². The standard InChI is InChI=1S/C22H27N3O4/c23-21(27)20(26)18(24-22(28)29-15-16-8-2-1-3-9-16)14-17-10-4-5-11-19(17)25-12-6-7-13-25/h1-5,8-11,18,20,26H,6-7,12-15H2,(H2,23,27)(H,24,28)/t18-,20?/m1/s1. The predicted molar refractivity (Wildman–Crippen MR) is 110 cm³/mol. The molecule has 0 bridgehead atoms. The van der Waals surface area contributed by atoms with E-state index in [0.717, 1.165) is 42.7 Å². The van der Waals surface area contributed by atoms with Gasteiger partial charge >= 0.3 is 6.09 Å². The lowest BCUT2D eigenvalue weighted by molar-refractivity contribution is -0.127. The summed E-state index contributed by atoms with van der Waals surface area (Å²) >= 11 is 0. The minimum absolute atomic E-state index is 0.0937. The molecule has 3 rings (SSSR count). The molecule has 1 heterocycles. The van der Waals surface area contributed by atoms with Gasteiger partial charge in [-0.15, -0.1) is 0 Å². The number of para-hydroxylation sites is 1. The van der Waals surface area contributed by atoms with Crippen molar-refractivity contribution in [1.82, 2.24) is 5.32 Å². The Bertz CT molecular complexity index is 822. The molecule has 29 heavy (non-hydrogen) atoms. The number of primary amides is 1. The van der Waals surface area contributed by atoms with Gasteiger partial charge in [0.2, 0.25) is 5.91 Å². The molecule has 154 valence electrons. The Balaban J connectivity index is 1.69. The van der Waals surface area contributed by atoms with Crippen LogP contribution in [0.15, 0.2) is 54.6 Å². The van der Waals surface area contributed by atoms with Crippen molar-refractivity contribution in [2.45, 2.75) is 38.0 Å². The van der Waals surface area contributed by atoms with Crippen LogP contribution in [-0.2, 0) is 22.6 Å². The second kappa shape index (κ2) is 9.93. The number of nitrogens with one attached hydrogen (secondary N) is 1. The molecule has 1 saturated heterocycles. The minimum atomic E-state index is -1.52. The van der Waals surface area contributed by atoms with Crippen molar-refractivity contribution in [2.75, 3.05) is 18.0 Å². The fourth-order valence-corrected chi connectivity index (χ4v) is 3.54. The van der Waals surface area contributed by atoms with E-state index in [4.69, 9.17) is 10.5 Å². The Hall–Kier alpha value is -3.06. The molecule has 2 atom stereocenters. The SMILES string of the molecule is NC(=O)C(O)[C@@H](Cc1ccccc1N1CCCC1)NC(=O)OCc1ccccc1. The molecule has 2 aromatic rings. The lowest BCUT2D eigenvalue weighted by atomic mass is 9.99. The molecule has 1 unspecified atom stereocenters. The third kappa shape index (κ3) is 5.71. The van der Waals surface area contributed by atoms with Crippen molar-refractivity contribution in [2.24, 2.45) is 5.73 Å². The van der Waals surface area contributed by atoms with Gasteiger partial charge in [-0.3, -0.25) is 4.79 Å². The van der Waals surface area contributed by atoms with Crippen LogP contribution in [0.25, 0.3) is 0 Å². The molecule has 1 aliphatic heterocycles.